The molecule has 2 aromatic rings. The molecule has 0 atom stereocenters. The smallest absolute Gasteiger partial charge is 0.165 e. The number of benzene rings is 1. The lowest BCUT2D eigenvalue weighted by molar-refractivity contribution is 0.300. The molecule has 0 spiro atoms. The highest BCUT2D eigenvalue weighted by Gasteiger charge is 2.12. The maximum Gasteiger partial charge on any atom is 0.165 e. The van der Waals surface area contributed by atoms with Gasteiger partial charge in [-0.1, -0.05) is 30.3 Å². The lowest BCUT2D eigenvalue weighted by Crippen LogP contribution is -2.27. The Morgan fingerprint density at radius 3 is 2.56 bits per heavy atom. The first-order valence-corrected chi connectivity index (χ1v) is 5.81. The van der Waals surface area contributed by atoms with E-state index < -0.39 is 0 Å². The Hall–Kier alpha value is -1.94. The molecule has 0 saturated heterocycles. The largest absolute Gasteiger partial charge is 0.395 e. The zero-order valence-electron chi connectivity index (χ0n) is 9.96. The van der Waals surface area contributed by atoms with Crippen molar-refractivity contribution >= 4 is 5.82 Å². The van der Waals surface area contributed by atoms with Crippen LogP contribution in [0.25, 0.3) is 0 Å². The molecule has 0 bridgehead atoms. The summed E-state index contributed by atoms with van der Waals surface area (Å²) < 4.78 is 13.7. The first-order valence-electron chi connectivity index (χ1n) is 5.81. The van der Waals surface area contributed by atoms with Crippen LogP contribution in [0, 0.1) is 5.82 Å². The van der Waals surface area contributed by atoms with Crippen LogP contribution in [0.3, 0.4) is 0 Å². The standard InChI is InChI=1S/C14H15FN2O/c15-13-7-4-8-16-14(13)17(9-10-18)11-12-5-2-1-3-6-12/h1-8,18H,9-11H2. The zero-order chi connectivity index (χ0) is 12.8. The van der Waals surface area contributed by atoms with Gasteiger partial charge in [0, 0.05) is 19.3 Å². The average molecular weight is 246 g/mol. The predicted octanol–water partition coefficient (Wildman–Crippen LogP) is 2.22. The van der Waals surface area contributed by atoms with Crippen LogP contribution in [0.15, 0.2) is 48.7 Å². The van der Waals surface area contributed by atoms with E-state index >= 15 is 0 Å². The number of aromatic nitrogens is 1. The Balaban J connectivity index is 2.21. The molecule has 0 radical (unpaired) electrons. The lowest BCUT2D eigenvalue weighted by atomic mass is 10.2. The van der Waals surface area contributed by atoms with Gasteiger partial charge >= 0.3 is 0 Å². The molecule has 94 valence electrons. The van der Waals surface area contributed by atoms with Crippen LogP contribution in [0.4, 0.5) is 10.2 Å². The molecule has 3 nitrogen and oxygen atoms in total. The van der Waals surface area contributed by atoms with E-state index in [1.807, 2.05) is 30.3 Å². The third kappa shape index (κ3) is 3.05. The van der Waals surface area contributed by atoms with Crippen molar-refractivity contribution in [1.29, 1.82) is 0 Å². The van der Waals surface area contributed by atoms with Crippen molar-refractivity contribution in [1.82, 2.24) is 4.98 Å². The first-order chi connectivity index (χ1) is 8.81. The summed E-state index contributed by atoms with van der Waals surface area (Å²) in [5.74, 6) is -0.0997. The maximum absolute atomic E-state index is 13.7. The van der Waals surface area contributed by atoms with Crippen LogP contribution in [-0.2, 0) is 6.54 Å². The van der Waals surface area contributed by atoms with E-state index in [4.69, 9.17) is 5.11 Å². The van der Waals surface area contributed by atoms with E-state index in [0.717, 1.165) is 5.56 Å². The van der Waals surface area contributed by atoms with Crippen LogP contribution < -0.4 is 4.90 Å². The molecule has 0 aliphatic rings. The van der Waals surface area contributed by atoms with Crippen molar-refractivity contribution < 1.29 is 9.50 Å². The van der Waals surface area contributed by atoms with Gasteiger partial charge in [0.15, 0.2) is 11.6 Å². The predicted molar refractivity (Wildman–Crippen MR) is 68.8 cm³/mol. The molecular formula is C14H15FN2O. The Morgan fingerprint density at radius 2 is 1.89 bits per heavy atom. The van der Waals surface area contributed by atoms with Crippen molar-refractivity contribution in [2.75, 3.05) is 18.1 Å². The number of aliphatic hydroxyl groups is 1. The summed E-state index contributed by atoms with van der Waals surface area (Å²) >= 11 is 0. The van der Waals surface area contributed by atoms with Gasteiger partial charge in [0.25, 0.3) is 0 Å². The topological polar surface area (TPSA) is 36.4 Å². The molecule has 1 N–H and O–H groups in total. The van der Waals surface area contributed by atoms with Crippen molar-refractivity contribution in [3.8, 4) is 0 Å². The summed E-state index contributed by atoms with van der Waals surface area (Å²) in [6, 6.07) is 12.6. The van der Waals surface area contributed by atoms with E-state index in [0.29, 0.717) is 13.1 Å². The van der Waals surface area contributed by atoms with Gasteiger partial charge in [-0.2, -0.15) is 0 Å². The SMILES string of the molecule is OCCN(Cc1ccccc1)c1ncccc1F. The van der Waals surface area contributed by atoms with Crippen molar-refractivity contribution in [2.24, 2.45) is 0 Å². The molecule has 2 rings (SSSR count). The second-order valence-electron chi connectivity index (χ2n) is 3.94. The van der Waals surface area contributed by atoms with E-state index in [1.54, 1.807) is 17.2 Å². The summed E-state index contributed by atoms with van der Waals surface area (Å²) in [5.41, 5.74) is 1.05. The van der Waals surface area contributed by atoms with Gasteiger partial charge in [-0.15, -0.1) is 0 Å². The van der Waals surface area contributed by atoms with Crippen molar-refractivity contribution in [2.45, 2.75) is 6.54 Å². The Morgan fingerprint density at radius 1 is 1.11 bits per heavy atom. The highest BCUT2D eigenvalue weighted by atomic mass is 19.1. The number of aliphatic hydroxyl groups excluding tert-OH is 1. The van der Waals surface area contributed by atoms with Gasteiger partial charge in [0.1, 0.15) is 0 Å². The minimum absolute atomic E-state index is 0.0388. The van der Waals surface area contributed by atoms with Gasteiger partial charge in [-0.05, 0) is 17.7 Å². The molecule has 4 heteroatoms. The van der Waals surface area contributed by atoms with Crippen LogP contribution in [0.2, 0.25) is 0 Å². The van der Waals surface area contributed by atoms with Crippen LogP contribution >= 0.6 is 0 Å². The minimum atomic E-state index is -0.373. The molecule has 0 unspecified atom stereocenters. The highest BCUT2D eigenvalue weighted by Crippen LogP contribution is 2.17. The molecule has 1 aromatic heterocycles. The fourth-order valence-electron chi connectivity index (χ4n) is 1.79. The van der Waals surface area contributed by atoms with Gasteiger partial charge in [0.2, 0.25) is 0 Å². The molecular weight excluding hydrogens is 231 g/mol. The normalized spacial score (nSPS) is 10.3. The van der Waals surface area contributed by atoms with Crippen LogP contribution in [0.1, 0.15) is 5.56 Å². The first kappa shape index (κ1) is 12.5. The number of anilines is 1. The summed E-state index contributed by atoms with van der Waals surface area (Å²) in [6.07, 6.45) is 1.55. The number of rotatable bonds is 5. The summed E-state index contributed by atoms with van der Waals surface area (Å²) in [7, 11) is 0. The van der Waals surface area contributed by atoms with Crippen molar-refractivity contribution in [3.63, 3.8) is 0 Å². The second-order valence-corrected chi connectivity index (χ2v) is 3.94. The fraction of sp³-hybridized carbons (Fsp3) is 0.214. The van der Waals surface area contributed by atoms with E-state index in [9.17, 15) is 4.39 Å². The Labute approximate surface area is 106 Å². The zero-order valence-corrected chi connectivity index (χ0v) is 9.96. The van der Waals surface area contributed by atoms with Crippen LogP contribution in [0.5, 0.6) is 0 Å². The molecule has 0 fully saturated rings. The molecule has 0 amide bonds. The lowest BCUT2D eigenvalue weighted by Gasteiger charge is -2.23. The minimum Gasteiger partial charge on any atom is -0.395 e. The fourth-order valence-corrected chi connectivity index (χ4v) is 1.79. The quantitative estimate of drug-likeness (QED) is 0.878. The highest BCUT2D eigenvalue weighted by molar-refractivity contribution is 5.40. The Bertz CT molecular complexity index is 490. The van der Waals surface area contributed by atoms with Gasteiger partial charge in [-0.25, -0.2) is 9.37 Å². The monoisotopic (exact) mass is 246 g/mol. The second kappa shape index (κ2) is 6.12. The van der Waals surface area contributed by atoms with Gasteiger partial charge in [0.05, 0.1) is 6.61 Å². The molecule has 0 aliphatic carbocycles. The molecule has 1 heterocycles. The maximum atomic E-state index is 13.7. The Kier molecular flexibility index (Phi) is 4.25. The number of hydrogen-bond acceptors (Lipinski definition) is 3. The van der Waals surface area contributed by atoms with Crippen LogP contribution in [-0.4, -0.2) is 23.2 Å². The summed E-state index contributed by atoms with van der Waals surface area (Å²) in [6.45, 7) is 0.834. The molecule has 0 aliphatic heterocycles. The van der Waals surface area contributed by atoms with E-state index in [2.05, 4.69) is 4.98 Å². The average Bonchev–Trinajstić information content (AvgIpc) is 2.40. The molecule has 18 heavy (non-hydrogen) atoms. The number of nitrogens with zero attached hydrogens (tertiary/aromatic N) is 2. The summed E-state index contributed by atoms with van der Waals surface area (Å²) in [5, 5.41) is 9.08. The summed E-state index contributed by atoms with van der Waals surface area (Å²) in [4.78, 5) is 5.76. The molecule has 0 saturated carbocycles. The number of pyridine rings is 1. The number of halogens is 1. The number of hydrogen-bond donors (Lipinski definition) is 1. The van der Waals surface area contributed by atoms with E-state index in [1.165, 1.54) is 6.07 Å². The van der Waals surface area contributed by atoms with Gasteiger partial charge < -0.3 is 10.0 Å². The van der Waals surface area contributed by atoms with Gasteiger partial charge in [-0.3, -0.25) is 0 Å². The molecule has 1 aromatic carbocycles. The van der Waals surface area contributed by atoms with Crippen molar-refractivity contribution in [3.05, 3.63) is 60.0 Å². The third-order valence-electron chi connectivity index (χ3n) is 2.62. The third-order valence-corrected chi connectivity index (χ3v) is 2.62. The van der Waals surface area contributed by atoms with E-state index in [-0.39, 0.29) is 18.2 Å².